The molecule has 0 N–H and O–H groups in total. The zero-order valence-corrected chi connectivity index (χ0v) is 10.2. The minimum Gasteiger partial charge on any atom is -0.466 e. The molecule has 0 amide bonds. The molecule has 0 aromatic heterocycles. The molecule has 0 atom stereocenters. The summed E-state index contributed by atoms with van der Waals surface area (Å²) < 4.78 is 46.6. The standard InChI is InChI=1S/C13H13F3O3/c1-2-18-12(17)8-3-5-9-10(14)6-4-7-11(9)19-13(15)16/h3-7,13H,2,8H2,1H3. The van der Waals surface area contributed by atoms with E-state index < -0.39 is 18.4 Å². The van der Waals surface area contributed by atoms with E-state index in [1.807, 2.05) is 0 Å². The van der Waals surface area contributed by atoms with Crippen LogP contribution in [0.3, 0.4) is 0 Å². The van der Waals surface area contributed by atoms with E-state index in [0.717, 1.165) is 6.07 Å². The van der Waals surface area contributed by atoms with Crippen LogP contribution in [0.5, 0.6) is 5.75 Å². The van der Waals surface area contributed by atoms with E-state index in [2.05, 4.69) is 9.47 Å². The predicted octanol–water partition coefficient (Wildman–Crippen LogP) is 3.39. The van der Waals surface area contributed by atoms with Gasteiger partial charge in [0.25, 0.3) is 0 Å². The third kappa shape index (κ3) is 5.03. The molecule has 0 fully saturated rings. The van der Waals surface area contributed by atoms with Crippen molar-refractivity contribution >= 4 is 12.0 Å². The molecule has 104 valence electrons. The molecular formula is C13H13F3O3. The Balaban J connectivity index is 2.81. The molecule has 19 heavy (non-hydrogen) atoms. The van der Waals surface area contributed by atoms with Gasteiger partial charge in [0.1, 0.15) is 11.6 Å². The van der Waals surface area contributed by atoms with Gasteiger partial charge in [-0.25, -0.2) is 4.39 Å². The number of carbonyl (C=O) groups excluding carboxylic acids is 1. The molecule has 0 aliphatic carbocycles. The van der Waals surface area contributed by atoms with Crippen LogP contribution in [0.15, 0.2) is 24.3 Å². The average molecular weight is 274 g/mol. The molecule has 1 rings (SSSR count). The number of alkyl halides is 2. The maximum absolute atomic E-state index is 13.5. The number of benzene rings is 1. The van der Waals surface area contributed by atoms with Gasteiger partial charge in [0.2, 0.25) is 0 Å². The summed E-state index contributed by atoms with van der Waals surface area (Å²) >= 11 is 0. The van der Waals surface area contributed by atoms with Crippen molar-refractivity contribution in [3.63, 3.8) is 0 Å². The van der Waals surface area contributed by atoms with Crippen LogP contribution in [-0.2, 0) is 9.53 Å². The number of esters is 1. The topological polar surface area (TPSA) is 35.5 Å². The maximum atomic E-state index is 13.5. The Morgan fingerprint density at radius 1 is 1.42 bits per heavy atom. The van der Waals surface area contributed by atoms with Gasteiger partial charge in [0, 0.05) is 0 Å². The first kappa shape index (κ1) is 15.1. The normalized spacial score (nSPS) is 11.0. The number of hydrogen-bond donors (Lipinski definition) is 0. The second-order valence-electron chi connectivity index (χ2n) is 3.44. The molecule has 0 aliphatic rings. The predicted molar refractivity (Wildman–Crippen MR) is 63.3 cm³/mol. The highest BCUT2D eigenvalue weighted by atomic mass is 19.3. The number of ether oxygens (including phenoxy) is 2. The zero-order chi connectivity index (χ0) is 14.3. The SMILES string of the molecule is CCOC(=O)CC=Cc1c(F)cccc1OC(F)F. The lowest BCUT2D eigenvalue weighted by Gasteiger charge is -2.08. The van der Waals surface area contributed by atoms with Crippen LogP contribution >= 0.6 is 0 Å². The first-order valence-electron chi connectivity index (χ1n) is 5.60. The summed E-state index contributed by atoms with van der Waals surface area (Å²) in [5.41, 5.74) is -0.132. The van der Waals surface area contributed by atoms with Crippen LogP contribution in [0.1, 0.15) is 18.9 Å². The van der Waals surface area contributed by atoms with Crippen molar-refractivity contribution in [2.24, 2.45) is 0 Å². The van der Waals surface area contributed by atoms with Crippen LogP contribution in [0.25, 0.3) is 6.08 Å². The Morgan fingerprint density at radius 3 is 2.79 bits per heavy atom. The second kappa shape index (κ2) is 7.45. The summed E-state index contributed by atoms with van der Waals surface area (Å²) in [4.78, 5) is 11.1. The van der Waals surface area contributed by atoms with Gasteiger partial charge in [-0.3, -0.25) is 4.79 Å². The van der Waals surface area contributed by atoms with Gasteiger partial charge in [-0.1, -0.05) is 18.2 Å². The molecule has 1 aromatic rings. The summed E-state index contributed by atoms with van der Waals surface area (Å²) in [5.74, 6) is -1.47. The first-order valence-corrected chi connectivity index (χ1v) is 5.60. The fourth-order valence-electron chi connectivity index (χ4n) is 1.37. The molecule has 0 bridgehead atoms. The van der Waals surface area contributed by atoms with E-state index in [9.17, 15) is 18.0 Å². The lowest BCUT2D eigenvalue weighted by Crippen LogP contribution is -2.04. The second-order valence-corrected chi connectivity index (χ2v) is 3.44. The van der Waals surface area contributed by atoms with Gasteiger partial charge in [-0.15, -0.1) is 0 Å². The van der Waals surface area contributed by atoms with E-state index in [-0.39, 0.29) is 24.3 Å². The van der Waals surface area contributed by atoms with Crippen LogP contribution in [-0.4, -0.2) is 19.2 Å². The van der Waals surface area contributed by atoms with Gasteiger partial charge in [-0.2, -0.15) is 8.78 Å². The molecule has 6 heteroatoms. The van der Waals surface area contributed by atoms with Crippen LogP contribution < -0.4 is 4.74 Å². The summed E-state index contributed by atoms with van der Waals surface area (Å²) in [6, 6.07) is 3.59. The molecule has 0 saturated carbocycles. The Hall–Kier alpha value is -1.98. The van der Waals surface area contributed by atoms with Crippen molar-refractivity contribution in [1.29, 1.82) is 0 Å². The summed E-state index contributed by atoms with van der Waals surface area (Å²) in [7, 11) is 0. The molecule has 0 radical (unpaired) electrons. The smallest absolute Gasteiger partial charge is 0.387 e. The molecule has 1 aromatic carbocycles. The zero-order valence-electron chi connectivity index (χ0n) is 10.2. The van der Waals surface area contributed by atoms with E-state index in [1.165, 1.54) is 24.3 Å². The Morgan fingerprint density at radius 2 is 2.16 bits per heavy atom. The Bertz CT molecular complexity index is 458. The molecular weight excluding hydrogens is 261 g/mol. The summed E-state index contributed by atoms with van der Waals surface area (Å²) in [5, 5.41) is 0. The highest BCUT2D eigenvalue weighted by Gasteiger charge is 2.11. The quantitative estimate of drug-likeness (QED) is 0.746. The lowest BCUT2D eigenvalue weighted by atomic mass is 10.1. The number of carbonyl (C=O) groups is 1. The van der Waals surface area contributed by atoms with E-state index in [1.54, 1.807) is 6.92 Å². The van der Waals surface area contributed by atoms with Gasteiger partial charge in [0.05, 0.1) is 18.6 Å². The third-order valence-corrected chi connectivity index (χ3v) is 2.10. The minimum atomic E-state index is -3.04. The average Bonchev–Trinajstić information content (AvgIpc) is 2.32. The van der Waals surface area contributed by atoms with Gasteiger partial charge in [-0.05, 0) is 19.1 Å². The monoisotopic (exact) mass is 274 g/mol. The third-order valence-electron chi connectivity index (χ3n) is 2.10. The fourth-order valence-corrected chi connectivity index (χ4v) is 1.37. The van der Waals surface area contributed by atoms with Crippen molar-refractivity contribution < 1.29 is 27.4 Å². The molecule has 0 heterocycles. The first-order chi connectivity index (χ1) is 9.04. The Kier molecular flexibility index (Phi) is 5.92. The fraction of sp³-hybridized carbons (Fsp3) is 0.308. The van der Waals surface area contributed by atoms with Crippen molar-refractivity contribution in [1.82, 2.24) is 0 Å². The molecule has 0 unspecified atom stereocenters. The van der Waals surface area contributed by atoms with E-state index >= 15 is 0 Å². The van der Waals surface area contributed by atoms with E-state index in [0.29, 0.717) is 0 Å². The largest absolute Gasteiger partial charge is 0.466 e. The lowest BCUT2D eigenvalue weighted by molar-refractivity contribution is -0.142. The molecule has 0 aliphatic heterocycles. The summed E-state index contributed by atoms with van der Waals surface area (Å²) in [6.45, 7) is -1.14. The van der Waals surface area contributed by atoms with Gasteiger partial charge in [0.15, 0.2) is 0 Å². The minimum absolute atomic E-state index is 0.0731. The van der Waals surface area contributed by atoms with Gasteiger partial charge >= 0.3 is 12.6 Å². The van der Waals surface area contributed by atoms with Crippen molar-refractivity contribution in [2.45, 2.75) is 20.0 Å². The van der Waals surface area contributed by atoms with Crippen molar-refractivity contribution in [3.8, 4) is 5.75 Å². The van der Waals surface area contributed by atoms with Crippen molar-refractivity contribution in [3.05, 3.63) is 35.7 Å². The number of halogens is 3. The van der Waals surface area contributed by atoms with E-state index in [4.69, 9.17) is 0 Å². The highest BCUT2D eigenvalue weighted by Crippen LogP contribution is 2.24. The molecule has 3 nitrogen and oxygen atoms in total. The van der Waals surface area contributed by atoms with Crippen LogP contribution in [0.4, 0.5) is 13.2 Å². The highest BCUT2D eigenvalue weighted by molar-refractivity contribution is 5.73. The van der Waals surface area contributed by atoms with Gasteiger partial charge < -0.3 is 9.47 Å². The summed E-state index contributed by atoms with van der Waals surface area (Å²) in [6.07, 6.45) is 2.47. The number of rotatable bonds is 6. The van der Waals surface area contributed by atoms with Crippen LogP contribution in [0, 0.1) is 5.82 Å². The number of hydrogen-bond acceptors (Lipinski definition) is 3. The Labute approximate surface area is 108 Å². The molecule has 0 saturated heterocycles. The maximum Gasteiger partial charge on any atom is 0.387 e. The van der Waals surface area contributed by atoms with Crippen molar-refractivity contribution in [2.75, 3.05) is 6.61 Å². The molecule has 0 spiro atoms. The van der Waals surface area contributed by atoms with Crippen LogP contribution in [0.2, 0.25) is 0 Å².